The highest BCUT2D eigenvalue weighted by Crippen LogP contribution is 2.48. The molecule has 0 aromatic heterocycles. The molecule has 144 heavy (non-hydrogen) atoms. The number of hydrogen-bond donors (Lipinski definition) is 1. The Hall–Kier alpha value is -15.2. The first kappa shape index (κ1) is 95.0. The van der Waals surface area contributed by atoms with Gasteiger partial charge in [0.1, 0.15) is 34.5 Å². The van der Waals surface area contributed by atoms with Gasteiger partial charge in [0, 0.05) is 95.2 Å². The topological polar surface area (TPSA) is 278 Å². The van der Waals surface area contributed by atoms with Gasteiger partial charge in [0.2, 0.25) is 0 Å². The molecule has 23 nitrogen and oxygen atoms in total. The normalized spacial score (nSPS) is 14.1. The van der Waals surface area contributed by atoms with Crippen molar-refractivity contribution in [3.05, 3.63) is 372 Å². The Kier molecular flexibility index (Phi) is 25.0. The van der Waals surface area contributed by atoms with Crippen LogP contribution in [0.15, 0.2) is 269 Å². The molecule has 0 fully saturated rings. The van der Waals surface area contributed by atoms with Gasteiger partial charge >= 0.3 is 35.8 Å². The zero-order chi connectivity index (χ0) is 101. The third kappa shape index (κ3) is 16.1. The van der Waals surface area contributed by atoms with E-state index in [0.29, 0.717) is 208 Å². The van der Waals surface area contributed by atoms with Crippen LogP contribution in [-0.4, -0.2) is 104 Å². The average Bonchev–Trinajstić information content (AvgIpc) is 1.57. The summed E-state index contributed by atoms with van der Waals surface area (Å²) in [7, 11) is 12.3. The number of amides is 1. The monoisotopic (exact) mass is 2290 g/mol. The zero-order valence-electron chi connectivity index (χ0n) is 77.6. The number of carbonyl (C=O) groups excluding carboxylic acids is 8. The Bertz CT molecular complexity index is 8070. The van der Waals surface area contributed by atoms with Gasteiger partial charge in [-0.2, -0.15) is 0 Å². The summed E-state index contributed by atoms with van der Waals surface area (Å²) in [6.07, 6.45) is 0.381. The van der Waals surface area contributed by atoms with Crippen LogP contribution >= 0.6 is 95.6 Å². The molecule has 16 aromatic rings. The predicted octanol–water partition coefficient (Wildman–Crippen LogP) is 17.8. The van der Waals surface area contributed by atoms with E-state index in [1.54, 1.807) is 101 Å². The molecule has 0 atom stereocenters. The minimum absolute atomic E-state index is 0.0988. The maximum atomic E-state index is 13.1. The molecule has 0 radical (unpaired) electrons. The number of methoxy groups -OCH3 is 8. The van der Waals surface area contributed by atoms with Crippen molar-refractivity contribution >= 4 is 236 Å². The summed E-state index contributed by atoms with van der Waals surface area (Å²) in [4.78, 5) is 104. The van der Waals surface area contributed by atoms with E-state index in [1.807, 2.05) is 178 Å². The Morgan fingerprint density at radius 1 is 0.236 bits per heavy atom. The highest BCUT2D eigenvalue weighted by atomic mass is 79.9. The van der Waals surface area contributed by atoms with Gasteiger partial charge in [-0.25, -0.2) is 28.8 Å². The van der Waals surface area contributed by atoms with Crippen LogP contribution in [-0.2, 0) is 44.8 Å². The van der Waals surface area contributed by atoms with Crippen molar-refractivity contribution in [2.75, 3.05) is 62.2 Å². The lowest BCUT2D eigenvalue weighted by molar-refractivity contribution is -0.128. The number of benzene rings is 16. The number of anilines is 1. The Morgan fingerprint density at radius 3 is 0.750 bits per heavy atom. The van der Waals surface area contributed by atoms with Crippen molar-refractivity contribution in [1.82, 2.24) is 0 Å². The van der Waals surface area contributed by atoms with E-state index in [9.17, 15) is 38.4 Å². The first-order chi connectivity index (χ1) is 69.6. The first-order valence-corrected chi connectivity index (χ1v) is 49.3. The summed E-state index contributed by atoms with van der Waals surface area (Å²) >= 11 is 20.8. The number of nitrogens with one attached hydrogen (secondary N) is 1. The molecule has 0 unspecified atom stereocenters. The zero-order valence-corrected chi connectivity index (χ0v) is 87.1. The molecule has 8 aliphatic rings. The van der Waals surface area contributed by atoms with Crippen molar-refractivity contribution < 1.29 is 105 Å². The molecule has 0 saturated heterocycles. The summed E-state index contributed by atoms with van der Waals surface area (Å²) in [5.41, 5.74) is 14.1. The minimum Gasteiger partial charge on any atom is -0.493 e. The number of Topliss-reactive ketones (excluding diaryl/α,β-unsaturated/α-hetero) is 1. The molecule has 24 rings (SSSR count). The van der Waals surface area contributed by atoms with Crippen molar-refractivity contribution in [3.63, 3.8) is 0 Å². The van der Waals surface area contributed by atoms with Crippen molar-refractivity contribution in [1.29, 1.82) is 0 Å². The lowest BCUT2D eigenvalue weighted by Gasteiger charge is -2.11. The van der Waals surface area contributed by atoms with Crippen LogP contribution in [0.4, 0.5) is 5.69 Å². The van der Waals surface area contributed by atoms with E-state index in [4.69, 9.17) is 66.3 Å². The van der Waals surface area contributed by atoms with E-state index in [0.717, 1.165) is 96.0 Å². The van der Waals surface area contributed by atoms with Crippen LogP contribution in [0.3, 0.4) is 0 Å². The fourth-order valence-corrected chi connectivity index (χ4v) is 22.5. The van der Waals surface area contributed by atoms with Crippen LogP contribution in [0.5, 0.6) is 80.5 Å². The molecular weight excluding hydrogens is 2230 g/mol. The molecule has 1 aliphatic carbocycles. The summed E-state index contributed by atoms with van der Waals surface area (Å²) in [6, 6.07) is 75.4. The van der Waals surface area contributed by atoms with Crippen molar-refractivity contribution in [2.24, 2.45) is 0 Å². The maximum absolute atomic E-state index is 13.1. The molecule has 29 heteroatoms. The SMILES string of the molecule is COc1cc(C2=c3ccc4c5c(ccc4c3OC2=O)=C(c2cc(Br)c(OC)c(OC)c2)C(=O)O5)cc(Br)c1OC.COc1cc(C2=c3ccc4c5c(ccc4c3OC2=O)=C(c2cc(Br)c(OC)c(OC)c2)C(=O)O5)cc(Br)c1OC.Cc1ccc(C2=c3ccc4c5c(ccc4c3CC2=O)=C(c2ccc(Br)cc2)C(=O)N5)cc1.Cc1ccc(C2=c3ccc4c5c(ccc4c3OC2=O)=C(c2ccc(Br)cc2)C(=O)O5)cc1. The molecule has 7 heterocycles. The fraction of sp³-hybridized carbons (Fsp3) is 0.0957. The molecule has 1 amide bonds. The smallest absolute Gasteiger partial charge is 0.344 e. The number of ether oxygens (including phenoxy) is 14. The van der Waals surface area contributed by atoms with Gasteiger partial charge in [0.15, 0.2) is 51.8 Å². The van der Waals surface area contributed by atoms with E-state index < -0.39 is 23.9 Å². The lowest BCUT2D eigenvalue weighted by atomic mass is 9.98. The lowest BCUT2D eigenvalue weighted by Crippen LogP contribution is -2.10. The summed E-state index contributed by atoms with van der Waals surface area (Å²) in [6.45, 7) is 4.05. The Labute approximate surface area is 869 Å². The standard InChI is InChI=1S/2C30H20Br2O8.C28H18BrNO2.C27H15BrO4/c2*1-35-21-11-13(9-19(31)27(21)37-3)23-17-7-5-16-15(25(17)39-29(23)33)6-8-18-24(30(34)40-26(16)18)14-10-20(32)28(38-4)22(12-14)36-2;1-15-2-4-16(5-3-15)25-20-11-12-21-19(23(20)14-24(25)31)10-13-22-26(28(32)30-27(21)22)17-6-8-18(29)9-7-17;1-14-2-4-15(5-3-14)22-20-12-10-19-18(24(20)31-26(22)29)11-13-21-23(27(30)32-25(19)21)16-6-8-17(28)9-7-16/h2*5-12H,1-4H3;2-13H,14H2,1H3,(H,30,32);2-13H,1H3. The highest BCUT2D eigenvalue weighted by molar-refractivity contribution is 9.11. The third-order valence-electron chi connectivity index (χ3n) is 26.1. The number of fused-ring (bicyclic) bond motifs is 20. The number of halogens is 6. The maximum Gasteiger partial charge on any atom is 0.344 e. The molecule has 7 aliphatic heterocycles. The minimum atomic E-state index is -0.499. The summed E-state index contributed by atoms with van der Waals surface area (Å²) in [5.74, 6) is 3.79. The predicted molar refractivity (Wildman–Crippen MR) is 564 cm³/mol. The molecule has 0 bridgehead atoms. The van der Waals surface area contributed by atoms with Crippen molar-refractivity contribution in [2.45, 2.75) is 20.3 Å². The second-order valence-corrected chi connectivity index (χ2v) is 39.3. The molecule has 1 N–H and O–H groups in total. The summed E-state index contributed by atoms with van der Waals surface area (Å²) < 4.78 is 82.4. The molecule has 0 spiro atoms. The van der Waals surface area contributed by atoms with Gasteiger partial charge in [-0.3, -0.25) is 9.59 Å². The molecule has 712 valence electrons. The first-order valence-electron chi connectivity index (χ1n) is 44.5. The Morgan fingerprint density at radius 2 is 0.472 bits per heavy atom. The van der Waals surface area contributed by atoms with Gasteiger partial charge in [0.05, 0.1) is 119 Å². The number of esters is 6. The van der Waals surface area contributed by atoms with E-state index >= 15 is 0 Å². The van der Waals surface area contributed by atoms with Crippen LogP contribution < -0.4 is 113 Å². The fourth-order valence-electron chi connectivity index (χ4n) is 19.5. The number of hydrogen-bond acceptors (Lipinski definition) is 22. The van der Waals surface area contributed by atoms with Gasteiger partial charge < -0.3 is 71.6 Å². The largest absolute Gasteiger partial charge is 0.493 e. The van der Waals surface area contributed by atoms with E-state index in [1.165, 1.54) is 34.0 Å². The molecular formula is C115H73Br6NO22. The van der Waals surface area contributed by atoms with Crippen molar-refractivity contribution in [3.8, 4) is 80.5 Å². The molecule has 0 saturated carbocycles. The summed E-state index contributed by atoms with van der Waals surface area (Å²) in [5, 5.41) is 15.0. The van der Waals surface area contributed by atoms with Gasteiger partial charge in [-0.15, -0.1) is 0 Å². The number of rotatable bonds is 16. The van der Waals surface area contributed by atoms with Gasteiger partial charge in [-0.05, 0) is 284 Å². The number of carbonyl (C=O) groups is 8. The van der Waals surface area contributed by atoms with Crippen LogP contribution in [0.1, 0.15) is 61.2 Å². The average molecular weight is 2300 g/mol. The second-order valence-electron chi connectivity index (χ2n) is 34.0. The second kappa shape index (κ2) is 37.9. The van der Waals surface area contributed by atoms with E-state index in [-0.39, 0.29) is 23.6 Å². The van der Waals surface area contributed by atoms with Gasteiger partial charge in [0.25, 0.3) is 5.91 Å². The van der Waals surface area contributed by atoms with Crippen LogP contribution in [0.25, 0.3) is 87.7 Å². The number of aryl methyl sites for hydroxylation is 2. The van der Waals surface area contributed by atoms with E-state index in [2.05, 4.69) is 107 Å². The quantitative estimate of drug-likeness (QED) is 0.0695. The number of ketones is 1. The van der Waals surface area contributed by atoms with Crippen LogP contribution in [0.2, 0.25) is 0 Å². The molecule has 16 aromatic carbocycles. The Balaban J connectivity index is 0.000000114. The third-order valence-corrected chi connectivity index (χ3v) is 29.5. The van der Waals surface area contributed by atoms with Crippen LogP contribution in [0, 0.1) is 13.8 Å². The highest BCUT2D eigenvalue weighted by Gasteiger charge is 2.38. The van der Waals surface area contributed by atoms with Gasteiger partial charge in [-0.1, -0.05) is 140 Å².